The van der Waals surface area contributed by atoms with Crippen molar-refractivity contribution in [2.45, 2.75) is 77.2 Å². The fourth-order valence-corrected chi connectivity index (χ4v) is 4.85. The number of rotatable bonds is 3. The summed E-state index contributed by atoms with van der Waals surface area (Å²) < 4.78 is 0. The van der Waals surface area contributed by atoms with E-state index >= 15 is 0 Å². The van der Waals surface area contributed by atoms with E-state index in [-0.39, 0.29) is 29.6 Å². The minimum atomic E-state index is 0.0517. The van der Waals surface area contributed by atoms with Crippen LogP contribution in [0.15, 0.2) is 0 Å². The van der Waals surface area contributed by atoms with Crippen molar-refractivity contribution < 1.29 is 14.4 Å². The van der Waals surface area contributed by atoms with Gasteiger partial charge < -0.3 is 15.1 Å². The van der Waals surface area contributed by atoms with E-state index in [0.29, 0.717) is 32.2 Å². The molecule has 6 nitrogen and oxygen atoms in total. The summed E-state index contributed by atoms with van der Waals surface area (Å²) in [5.74, 6) is 0.647. The van der Waals surface area contributed by atoms with Crippen molar-refractivity contribution in [3.05, 3.63) is 0 Å². The number of hydrogen-bond acceptors (Lipinski definition) is 3. The van der Waals surface area contributed by atoms with Gasteiger partial charge in [0.1, 0.15) is 0 Å². The second-order valence-corrected chi connectivity index (χ2v) is 8.58. The van der Waals surface area contributed by atoms with Gasteiger partial charge in [0.25, 0.3) is 0 Å². The molecule has 1 N–H and O–H groups in total. The van der Waals surface area contributed by atoms with Crippen LogP contribution in [0.1, 0.15) is 71.1 Å². The van der Waals surface area contributed by atoms with E-state index in [0.717, 1.165) is 38.5 Å². The summed E-state index contributed by atoms with van der Waals surface area (Å²) in [6.07, 6.45) is 10.5. The molecule has 3 aliphatic rings. The molecule has 1 heterocycles. The standard InChI is InChI=1S/C21H35N3O3/c1-16(25)23-12-14-24(15-13-23)21(27)18-10-8-17(9-11-18)20(26)22-19-6-4-2-3-5-7-19/h17-19H,2-15H2,1H3,(H,22,26). The van der Waals surface area contributed by atoms with Gasteiger partial charge >= 0.3 is 0 Å². The number of piperazine rings is 1. The van der Waals surface area contributed by atoms with E-state index in [1.807, 2.05) is 4.90 Å². The van der Waals surface area contributed by atoms with Gasteiger partial charge in [-0.3, -0.25) is 14.4 Å². The molecule has 0 aromatic rings. The second-order valence-electron chi connectivity index (χ2n) is 8.58. The van der Waals surface area contributed by atoms with E-state index in [1.165, 1.54) is 25.7 Å². The Morgan fingerprint density at radius 2 is 1.22 bits per heavy atom. The van der Waals surface area contributed by atoms with Crippen LogP contribution in [0.2, 0.25) is 0 Å². The molecule has 3 rings (SSSR count). The van der Waals surface area contributed by atoms with Crippen molar-refractivity contribution in [2.24, 2.45) is 11.8 Å². The van der Waals surface area contributed by atoms with Crippen molar-refractivity contribution >= 4 is 17.7 Å². The van der Waals surface area contributed by atoms with Gasteiger partial charge in [-0.25, -0.2) is 0 Å². The molecule has 2 saturated carbocycles. The number of carbonyl (C=O) groups is 3. The lowest BCUT2D eigenvalue weighted by atomic mass is 9.80. The molecule has 0 bridgehead atoms. The Labute approximate surface area is 163 Å². The first kappa shape index (κ1) is 20.2. The van der Waals surface area contributed by atoms with Crippen LogP contribution in [0.25, 0.3) is 0 Å². The highest BCUT2D eigenvalue weighted by atomic mass is 16.2. The lowest BCUT2D eigenvalue weighted by molar-refractivity contribution is -0.143. The summed E-state index contributed by atoms with van der Waals surface area (Å²) in [6, 6.07) is 0.358. The third-order valence-electron chi connectivity index (χ3n) is 6.69. The van der Waals surface area contributed by atoms with Gasteiger partial charge in [0.15, 0.2) is 0 Å². The van der Waals surface area contributed by atoms with Gasteiger partial charge in [-0.2, -0.15) is 0 Å². The molecule has 3 fully saturated rings. The zero-order chi connectivity index (χ0) is 19.2. The zero-order valence-corrected chi connectivity index (χ0v) is 16.8. The third-order valence-corrected chi connectivity index (χ3v) is 6.69. The molecule has 0 spiro atoms. The molecule has 0 unspecified atom stereocenters. The lowest BCUT2D eigenvalue weighted by Gasteiger charge is -2.37. The Morgan fingerprint density at radius 1 is 0.704 bits per heavy atom. The minimum Gasteiger partial charge on any atom is -0.353 e. The van der Waals surface area contributed by atoms with Gasteiger partial charge in [-0.15, -0.1) is 0 Å². The number of amides is 3. The number of nitrogens with one attached hydrogen (secondary N) is 1. The van der Waals surface area contributed by atoms with E-state index < -0.39 is 0 Å². The van der Waals surface area contributed by atoms with Gasteiger partial charge in [-0.05, 0) is 38.5 Å². The van der Waals surface area contributed by atoms with Crippen molar-refractivity contribution in [1.29, 1.82) is 0 Å². The van der Waals surface area contributed by atoms with Crippen LogP contribution in [0.4, 0.5) is 0 Å². The van der Waals surface area contributed by atoms with E-state index in [1.54, 1.807) is 11.8 Å². The van der Waals surface area contributed by atoms with Crippen LogP contribution in [0.5, 0.6) is 0 Å². The highest BCUT2D eigenvalue weighted by Gasteiger charge is 2.34. The maximum absolute atomic E-state index is 12.8. The molecule has 0 atom stereocenters. The molecular formula is C21H35N3O3. The van der Waals surface area contributed by atoms with Gasteiger partial charge in [0.2, 0.25) is 17.7 Å². The van der Waals surface area contributed by atoms with Crippen LogP contribution in [0.3, 0.4) is 0 Å². The SMILES string of the molecule is CC(=O)N1CCN(C(=O)C2CCC(C(=O)NC3CCCCCC3)CC2)CC1. The monoisotopic (exact) mass is 377 g/mol. The minimum absolute atomic E-state index is 0.0517. The van der Waals surface area contributed by atoms with Crippen molar-refractivity contribution in [3.8, 4) is 0 Å². The van der Waals surface area contributed by atoms with Crippen LogP contribution < -0.4 is 5.32 Å². The normalized spacial score (nSPS) is 27.7. The largest absolute Gasteiger partial charge is 0.353 e. The Kier molecular flexibility index (Phi) is 7.13. The summed E-state index contributed by atoms with van der Waals surface area (Å²) in [4.78, 5) is 40.5. The second kappa shape index (κ2) is 9.56. The Hall–Kier alpha value is -1.59. The number of nitrogens with zero attached hydrogens (tertiary/aromatic N) is 2. The van der Waals surface area contributed by atoms with Crippen molar-refractivity contribution in [1.82, 2.24) is 15.1 Å². The first-order chi connectivity index (χ1) is 13.0. The molecule has 152 valence electrons. The maximum atomic E-state index is 12.8. The summed E-state index contributed by atoms with van der Waals surface area (Å²) in [5, 5.41) is 3.28. The van der Waals surface area contributed by atoms with Crippen LogP contribution in [-0.4, -0.2) is 59.7 Å². The molecule has 0 aromatic heterocycles. The topological polar surface area (TPSA) is 69.7 Å². The van der Waals surface area contributed by atoms with E-state index in [4.69, 9.17) is 0 Å². The third kappa shape index (κ3) is 5.45. The highest BCUT2D eigenvalue weighted by molar-refractivity contribution is 5.81. The highest BCUT2D eigenvalue weighted by Crippen LogP contribution is 2.31. The molecule has 0 radical (unpaired) electrons. The van der Waals surface area contributed by atoms with Crippen LogP contribution in [0, 0.1) is 11.8 Å². The Bertz CT molecular complexity index is 527. The quantitative estimate of drug-likeness (QED) is 0.768. The fourth-order valence-electron chi connectivity index (χ4n) is 4.85. The van der Waals surface area contributed by atoms with Gasteiger partial charge in [-0.1, -0.05) is 25.7 Å². The molecule has 3 amide bonds. The number of hydrogen-bond donors (Lipinski definition) is 1. The lowest BCUT2D eigenvalue weighted by Crippen LogP contribution is -2.52. The van der Waals surface area contributed by atoms with Crippen molar-refractivity contribution in [2.75, 3.05) is 26.2 Å². The van der Waals surface area contributed by atoms with Gasteiger partial charge in [0, 0.05) is 51.0 Å². The Balaban J connectivity index is 1.41. The first-order valence-electron chi connectivity index (χ1n) is 10.9. The molecular weight excluding hydrogens is 342 g/mol. The predicted octanol–water partition coefficient (Wildman–Crippen LogP) is 2.32. The predicted molar refractivity (Wildman–Crippen MR) is 104 cm³/mol. The average Bonchev–Trinajstić information content (AvgIpc) is 2.96. The molecule has 6 heteroatoms. The summed E-state index contributed by atoms with van der Waals surface area (Å²) >= 11 is 0. The molecule has 27 heavy (non-hydrogen) atoms. The average molecular weight is 378 g/mol. The maximum Gasteiger partial charge on any atom is 0.225 e. The van der Waals surface area contributed by atoms with Gasteiger partial charge in [0.05, 0.1) is 0 Å². The zero-order valence-electron chi connectivity index (χ0n) is 16.8. The molecule has 2 aliphatic carbocycles. The number of carbonyl (C=O) groups excluding carboxylic acids is 3. The Morgan fingerprint density at radius 3 is 1.78 bits per heavy atom. The first-order valence-corrected chi connectivity index (χ1v) is 10.9. The van der Waals surface area contributed by atoms with E-state index in [2.05, 4.69) is 5.32 Å². The smallest absolute Gasteiger partial charge is 0.225 e. The summed E-state index contributed by atoms with van der Waals surface area (Å²) in [5.41, 5.74) is 0. The van der Waals surface area contributed by atoms with E-state index in [9.17, 15) is 14.4 Å². The fraction of sp³-hybridized carbons (Fsp3) is 0.857. The van der Waals surface area contributed by atoms with Crippen molar-refractivity contribution in [3.63, 3.8) is 0 Å². The molecule has 0 aromatic carbocycles. The summed E-state index contributed by atoms with van der Waals surface area (Å²) in [7, 11) is 0. The summed E-state index contributed by atoms with van der Waals surface area (Å²) in [6.45, 7) is 4.14. The molecule has 1 aliphatic heterocycles. The molecule has 1 saturated heterocycles. The van der Waals surface area contributed by atoms with Crippen LogP contribution in [-0.2, 0) is 14.4 Å². The van der Waals surface area contributed by atoms with Crippen LogP contribution >= 0.6 is 0 Å².